The molecule has 20 heavy (non-hydrogen) atoms. The smallest absolute Gasteiger partial charge is 0.132 e. The van der Waals surface area contributed by atoms with E-state index in [9.17, 15) is 5.11 Å². The largest absolute Gasteiger partial charge is 0.393 e. The Balaban J connectivity index is 1.73. The van der Waals surface area contributed by atoms with Crippen molar-refractivity contribution in [3.63, 3.8) is 0 Å². The summed E-state index contributed by atoms with van der Waals surface area (Å²) in [5.74, 6) is 1.50. The van der Waals surface area contributed by atoms with E-state index in [-0.39, 0.29) is 6.10 Å². The normalized spacial score (nSPS) is 28.4. The number of aliphatic hydroxyl groups is 1. The molecular formula is C16H25N3O. The summed E-state index contributed by atoms with van der Waals surface area (Å²) in [6, 6.07) is 2.14. The van der Waals surface area contributed by atoms with Crippen molar-refractivity contribution in [2.45, 2.75) is 58.0 Å². The predicted octanol–water partition coefficient (Wildman–Crippen LogP) is 2.73. The molecule has 0 radical (unpaired) electrons. The van der Waals surface area contributed by atoms with Crippen LogP contribution >= 0.6 is 0 Å². The second-order valence-corrected chi connectivity index (χ2v) is 6.50. The van der Waals surface area contributed by atoms with Crippen LogP contribution in [-0.2, 0) is 0 Å². The van der Waals surface area contributed by atoms with Gasteiger partial charge in [0.15, 0.2) is 0 Å². The monoisotopic (exact) mass is 275 g/mol. The van der Waals surface area contributed by atoms with Gasteiger partial charge in [-0.2, -0.15) is 0 Å². The molecule has 0 amide bonds. The van der Waals surface area contributed by atoms with Crippen LogP contribution in [0.3, 0.4) is 0 Å². The van der Waals surface area contributed by atoms with Crippen LogP contribution in [0, 0.1) is 5.41 Å². The van der Waals surface area contributed by atoms with Crippen molar-refractivity contribution in [2.75, 3.05) is 18.0 Å². The van der Waals surface area contributed by atoms with Crippen LogP contribution in [0.1, 0.15) is 57.6 Å². The number of hydrogen-bond acceptors (Lipinski definition) is 4. The van der Waals surface area contributed by atoms with Crippen molar-refractivity contribution in [1.82, 2.24) is 9.97 Å². The summed E-state index contributed by atoms with van der Waals surface area (Å²) in [5.41, 5.74) is 1.57. The average molecular weight is 275 g/mol. The topological polar surface area (TPSA) is 49.2 Å². The lowest BCUT2D eigenvalue weighted by Crippen LogP contribution is -2.29. The predicted molar refractivity (Wildman–Crippen MR) is 79.9 cm³/mol. The van der Waals surface area contributed by atoms with Gasteiger partial charge in [-0.25, -0.2) is 9.97 Å². The van der Waals surface area contributed by atoms with Gasteiger partial charge in [0.25, 0.3) is 0 Å². The molecule has 0 atom stereocenters. The fraction of sp³-hybridized carbons (Fsp3) is 0.750. The number of anilines is 1. The third kappa shape index (κ3) is 2.41. The number of hydrogen-bond donors (Lipinski definition) is 1. The fourth-order valence-corrected chi connectivity index (χ4v) is 3.54. The summed E-state index contributed by atoms with van der Waals surface area (Å²) in [5, 5.41) is 9.44. The van der Waals surface area contributed by atoms with Gasteiger partial charge in [0, 0.05) is 30.8 Å². The lowest BCUT2D eigenvalue weighted by atomic mass is 9.80. The number of rotatable bonds is 4. The van der Waals surface area contributed by atoms with Crippen molar-refractivity contribution in [3.8, 4) is 0 Å². The second-order valence-electron chi connectivity index (χ2n) is 6.50. The molecule has 0 spiro atoms. The van der Waals surface area contributed by atoms with E-state index < -0.39 is 0 Å². The molecule has 1 aromatic rings. The Labute approximate surface area is 121 Å². The van der Waals surface area contributed by atoms with Crippen molar-refractivity contribution in [3.05, 3.63) is 18.1 Å². The zero-order chi connectivity index (χ0) is 14.2. The molecule has 110 valence electrons. The first-order chi connectivity index (χ1) is 9.65. The van der Waals surface area contributed by atoms with Crippen LogP contribution in [-0.4, -0.2) is 34.3 Å². The van der Waals surface area contributed by atoms with E-state index in [4.69, 9.17) is 0 Å². The Morgan fingerprint density at radius 3 is 2.65 bits per heavy atom. The van der Waals surface area contributed by atoms with Crippen LogP contribution in [0.2, 0.25) is 0 Å². The van der Waals surface area contributed by atoms with E-state index in [1.165, 1.54) is 19.3 Å². The van der Waals surface area contributed by atoms with Gasteiger partial charge >= 0.3 is 0 Å². The minimum absolute atomic E-state index is 0.127. The highest BCUT2D eigenvalue weighted by Crippen LogP contribution is 2.40. The molecule has 0 unspecified atom stereocenters. The van der Waals surface area contributed by atoms with Crippen LogP contribution in [0.15, 0.2) is 12.4 Å². The van der Waals surface area contributed by atoms with Gasteiger partial charge in [-0.3, -0.25) is 0 Å². The molecule has 0 bridgehead atoms. The Morgan fingerprint density at radius 2 is 2.05 bits per heavy atom. The highest BCUT2D eigenvalue weighted by Gasteiger charge is 2.36. The maximum absolute atomic E-state index is 9.44. The summed E-state index contributed by atoms with van der Waals surface area (Å²) in [7, 11) is 0. The molecule has 1 aliphatic heterocycles. The summed E-state index contributed by atoms with van der Waals surface area (Å²) < 4.78 is 0. The van der Waals surface area contributed by atoms with Gasteiger partial charge in [0.1, 0.15) is 12.1 Å². The van der Waals surface area contributed by atoms with Gasteiger partial charge in [0.05, 0.1) is 6.10 Å². The van der Waals surface area contributed by atoms with Gasteiger partial charge in [-0.15, -0.1) is 0 Å². The Bertz CT molecular complexity index is 467. The molecule has 1 saturated carbocycles. The zero-order valence-corrected chi connectivity index (χ0v) is 12.5. The molecule has 2 heterocycles. The minimum Gasteiger partial charge on any atom is -0.393 e. The Hall–Kier alpha value is -1.16. The standard InChI is InChI=1S/C16H25N3O/c1-3-16(4-2)5-6-19(10-16)15-9-14(17-11-18-15)12-7-13(20)8-12/h9,11-13,20H,3-8,10H2,1-2H3. The fourth-order valence-electron chi connectivity index (χ4n) is 3.54. The first-order valence-corrected chi connectivity index (χ1v) is 7.91. The molecule has 2 aliphatic rings. The van der Waals surface area contributed by atoms with Crippen molar-refractivity contribution in [1.29, 1.82) is 0 Å². The molecular weight excluding hydrogens is 250 g/mol. The second kappa shape index (κ2) is 5.32. The maximum atomic E-state index is 9.44. The van der Waals surface area contributed by atoms with Crippen molar-refractivity contribution in [2.24, 2.45) is 5.41 Å². The molecule has 0 aromatic carbocycles. The van der Waals surface area contributed by atoms with Gasteiger partial charge in [0.2, 0.25) is 0 Å². The zero-order valence-electron chi connectivity index (χ0n) is 12.5. The third-order valence-corrected chi connectivity index (χ3v) is 5.47. The summed E-state index contributed by atoms with van der Waals surface area (Å²) in [6.07, 6.45) is 7.01. The Morgan fingerprint density at radius 1 is 1.30 bits per heavy atom. The molecule has 4 heteroatoms. The van der Waals surface area contributed by atoms with Crippen LogP contribution < -0.4 is 4.90 Å². The molecule has 1 N–H and O–H groups in total. The molecule has 1 saturated heterocycles. The van der Waals surface area contributed by atoms with Crippen molar-refractivity contribution < 1.29 is 5.11 Å². The minimum atomic E-state index is -0.127. The van der Waals surface area contributed by atoms with Gasteiger partial charge < -0.3 is 10.0 Å². The summed E-state index contributed by atoms with van der Waals surface area (Å²) >= 11 is 0. The maximum Gasteiger partial charge on any atom is 0.132 e. The average Bonchev–Trinajstić information content (AvgIpc) is 2.89. The van der Waals surface area contributed by atoms with Crippen LogP contribution in [0.4, 0.5) is 5.82 Å². The van der Waals surface area contributed by atoms with Crippen molar-refractivity contribution >= 4 is 5.82 Å². The molecule has 4 nitrogen and oxygen atoms in total. The highest BCUT2D eigenvalue weighted by molar-refractivity contribution is 5.42. The first-order valence-electron chi connectivity index (χ1n) is 7.91. The van der Waals surface area contributed by atoms with Crippen LogP contribution in [0.5, 0.6) is 0 Å². The Kier molecular flexibility index (Phi) is 3.67. The molecule has 1 aromatic heterocycles. The summed E-state index contributed by atoms with van der Waals surface area (Å²) in [4.78, 5) is 11.3. The quantitative estimate of drug-likeness (QED) is 0.918. The molecule has 1 aliphatic carbocycles. The van der Waals surface area contributed by atoms with E-state index in [0.29, 0.717) is 11.3 Å². The van der Waals surface area contributed by atoms with Gasteiger partial charge in [-0.1, -0.05) is 13.8 Å². The lowest BCUT2D eigenvalue weighted by molar-refractivity contribution is 0.0732. The van der Waals surface area contributed by atoms with E-state index in [0.717, 1.165) is 37.4 Å². The third-order valence-electron chi connectivity index (χ3n) is 5.47. The van der Waals surface area contributed by atoms with E-state index in [2.05, 4.69) is 34.8 Å². The van der Waals surface area contributed by atoms with E-state index in [1.807, 2.05) is 0 Å². The van der Waals surface area contributed by atoms with Crippen LogP contribution in [0.25, 0.3) is 0 Å². The van der Waals surface area contributed by atoms with E-state index >= 15 is 0 Å². The summed E-state index contributed by atoms with van der Waals surface area (Å²) in [6.45, 7) is 6.82. The lowest BCUT2D eigenvalue weighted by Gasteiger charge is -2.31. The van der Waals surface area contributed by atoms with Gasteiger partial charge in [-0.05, 0) is 37.5 Å². The SMILES string of the molecule is CCC1(CC)CCN(c2cc(C3CC(O)C3)ncn2)C1. The first kappa shape index (κ1) is 13.8. The number of aliphatic hydroxyl groups excluding tert-OH is 1. The number of aromatic nitrogens is 2. The number of nitrogens with zero attached hydrogens (tertiary/aromatic N) is 3. The molecule has 2 fully saturated rings. The van der Waals surface area contributed by atoms with E-state index in [1.54, 1.807) is 6.33 Å². The molecule has 3 rings (SSSR count). The highest BCUT2D eigenvalue weighted by atomic mass is 16.3.